The number of benzene rings is 1. The lowest BCUT2D eigenvalue weighted by molar-refractivity contribution is 0.321. The van der Waals surface area contributed by atoms with Gasteiger partial charge in [-0.2, -0.15) is 0 Å². The van der Waals surface area contributed by atoms with E-state index in [0.717, 1.165) is 16.5 Å². The fraction of sp³-hybridized carbons (Fsp3) is 0.211. The number of anilines is 1. The molecule has 3 aromatic rings. The molecule has 0 aliphatic rings. The largest absolute Gasteiger partial charge is 0.395 e. The molecule has 1 unspecified atom stereocenters. The van der Waals surface area contributed by atoms with Crippen LogP contribution in [0.1, 0.15) is 11.4 Å². The van der Waals surface area contributed by atoms with Gasteiger partial charge in [-0.05, 0) is 35.9 Å². The van der Waals surface area contributed by atoms with Crippen LogP contribution in [0.5, 0.6) is 0 Å². The third-order valence-electron chi connectivity index (χ3n) is 3.67. The number of para-hydroxylation sites is 1. The lowest BCUT2D eigenvalue weighted by Gasteiger charge is -2.09. The predicted octanol–water partition coefficient (Wildman–Crippen LogP) is 2.35. The first-order valence-corrected chi connectivity index (χ1v) is 9.79. The standard InChI is InChI=1S/C19H20N4O2S/c24-11-13-26(25)12-10-21-19-16-5-1-2-6-17(16)22-18(23-19)8-7-15-4-3-9-20-14-15/h1-9,14,24H,10-13H2,(H,21,22,23). The van der Waals surface area contributed by atoms with Crippen LogP contribution in [0.2, 0.25) is 0 Å². The first-order chi connectivity index (χ1) is 12.8. The van der Waals surface area contributed by atoms with Crippen molar-refractivity contribution in [3.63, 3.8) is 0 Å². The minimum Gasteiger partial charge on any atom is -0.395 e. The van der Waals surface area contributed by atoms with Gasteiger partial charge in [-0.25, -0.2) is 9.97 Å². The molecule has 0 aliphatic heterocycles. The smallest absolute Gasteiger partial charge is 0.154 e. The Labute approximate surface area is 154 Å². The summed E-state index contributed by atoms with van der Waals surface area (Å²) in [6.07, 6.45) is 7.26. The van der Waals surface area contributed by atoms with Gasteiger partial charge in [-0.15, -0.1) is 0 Å². The van der Waals surface area contributed by atoms with Crippen molar-refractivity contribution >= 4 is 39.7 Å². The Balaban J connectivity index is 1.82. The Morgan fingerprint density at radius 1 is 1.08 bits per heavy atom. The maximum Gasteiger partial charge on any atom is 0.154 e. The summed E-state index contributed by atoms with van der Waals surface area (Å²) in [5.41, 5.74) is 1.81. The van der Waals surface area contributed by atoms with E-state index in [1.165, 1.54) is 0 Å². The van der Waals surface area contributed by atoms with E-state index in [9.17, 15) is 4.21 Å². The third kappa shape index (κ3) is 4.93. The number of hydrogen-bond donors (Lipinski definition) is 2. The van der Waals surface area contributed by atoms with Crippen molar-refractivity contribution in [2.24, 2.45) is 0 Å². The fourth-order valence-corrected chi connectivity index (χ4v) is 3.17. The van der Waals surface area contributed by atoms with Crippen molar-refractivity contribution < 1.29 is 9.32 Å². The number of aromatic nitrogens is 3. The van der Waals surface area contributed by atoms with Gasteiger partial charge in [-0.1, -0.05) is 18.2 Å². The van der Waals surface area contributed by atoms with Gasteiger partial charge < -0.3 is 10.4 Å². The molecule has 0 saturated heterocycles. The molecule has 134 valence electrons. The SMILES string of the molecule is O=S(CCO)CCNc1nc(C=Cc2cccnc2)nc2ccccc12. The molecule has 2 N–H and O–H groups in total. The van der Waals surface area contributed by atoms with Gasteiger partial charge in [-0.3, -0.25) is 9.19 Å². The molecule has 0 fully saturated rings. The van der Waals surface area contributed by atoms with E-state index in [1.54, 1.807) is 12.4 Å². The van der Waals surface area contributed by atoms with Crippen LogP contribution >= 0.6 is 0 Å². The topological polar surface area (TPSA) is 88.0 Å². The van der Waals surface area contributed by atoms with Crippen molar-refractivity contribution in [2.45, 2.75) is 0 Å². The van der Waals surface area contributed by atoms with E-state index < -0.39 is 10.8 Å². The van der Waals surface area contributed by atoms with Gasteiger partial charge >= 0.3 is 0 Å². The van der Waals surface area contributed by atoms with Crippen LogP contribution in [-0.2, 0) is 10.8 Å². The number of aliphatic hydroxyl groups is 1. The molecule has 0 radical (unpaired) electrons. The van der Waals surface area contributed by atoms with Gasteiger partial charge in [0.1, 0.15) is 5.82 Å². The van der Waals surface area contributed by atoms with Gasteiger partial charge in [0, 0.05) is 46.6 Å². The van der Waals surface area contributed by atoms with E-state index in [2.05, 4.69) is 20.3 Å². The summed E-state index contributed by atoms with van der Waals surface area (Å²) in [5, 5.41) is 13.0. The van der Waals surface area contributed by atoms with Crippen LogP contribution in [0.4, 0.5) is 5.82 Å². The molecule has 1 atom stereocenters. The normalized spacial score (nSPS) is 12.5. The highest BCUT2D eigenvalue weighted by Crippen LogP contribution is 2.20. The fourth-order valence-electron chi connectivity index (χ4n) is 2.44. The molecule has 3 rings (SSSR count). The number of nitrogens with zero attached hydrogens (tertiary/aromatic N) is 3. The quantitative estimate of drug-likeness (QED) is 0.635. The average molecular weight is 368 g/mol. The molecular formula is C19H20N4O2S. The van der Waals surface area contributed by atoms with Gasteiger partial charge in [0.2, 0.25) is 0 Å². The predicted molar refractivity (Wildman–Crippen MR) is 106 cm³/mol. The number of rotatable bonds is 8. The average Bonchev–Trinajstić information content (AvgIpc) is 2.67. The first kappa shape index (κ1) is 18.2. The molecule has 0 amide bonds. The first-order valence-electron chi connectivity index (χ1n) is 8.31. The van der Waals surface area contributed by atoms with Crippen molar-refractivity contribution in [3.05, 3.63) is 60.2 Å². The lowest BCUT2D eigenvalue weighted by atomic mass is 10.2. The zero-order chi connectivity index (χ0) is 18.2. The van der Waals surface area contributed by atoms with Crippen LogP contribution < -0.4 is 5.32 Å². The minimum absolute atomic E-state index is 0.0632. The Morgan fingerprint density at radius 3 is 2.77 bits per heavy atom. The Kier molecular flexibility index (Phi) is 6.40. The molecular weight excluding hydrogens is 348 g/mol. The van der Waals surface area contributed by atoms with Gasteiger partial charge in [0.25, 0.3) is 0 Å². The summed E-state index contributed by atoms with van der Waals surface area (Å²) in [7, 11) is -1.04. The molecule has 2 heterocycles. The molecule has 26 heavy (non-hydrogen) atoms. The molecule has 0 spiro atoms. The van der Waals surface area contributed by atoms with Crippen molar-refractivity contribution in [1.29, 1.82) is 0 Å². The van der Waals surface area contributed by atoms with Crippen LogP contribution in [0, 0.1) is 0 Å². The maximum atomic E-state index is 11.7. The van der Waals surface area contributed by atoms with Gasteiger partial charge in [0.15, 0.2) is 5.82 Å². The highest BCUT2D eigenvalue weighted by molar-refractivity contribution is 7.85. The second-order valence-electron chi connectivity index (χ2n) is 5.57. The molecule has 7 heteroatoms. The molecule has 0 saturated carbocycles. The number of fused-ring (bicyclic) bond motifs is 1. The third-order valence-corrected chi connectivity index (χ3v) is 4.97. The van der Waals surface area contributed by atoms with Gasteiger partial charge in [0.05, 0.1) is 12.1 Å². The summed E-state index contributed by atoms with van der Waals surface area (Å²) < 4.78 is 11.7. The number of aliphatic hydroxyl groups excluding tert-OH is 1. The second-order valence-corrected chi connectivity index (χ2v) is 7.26. The lowest BCUT2D eigenvalue weighted by Crippen LogP contribution is -2.15. The highest BCUT2D eigenvalue weighted by Gasteiger charge is 2.06. The summed E-state index contributed by atoms with van der Waals surface area (Å²) in [4.78, 5) is 13.2. The van der Waals surface area contributed by atoms with Crippen LogP contribution in [0.3, 0.4) is 0 Å². The van der Waals surface area contributed by atoms with Crippen molar-refractivity contribution in [1.82, 2.24) is 15.0 Å². The Bertz CT molecular complexity index is 916. The maximum absolute atomic E-state index is 11.7. The molecule has 2 aromatic heterocycles. The summed E-state index contributed by atoms with van der Waals surface area (Å²) >= 11 is 0. The second kappa shape index (κ2) is 9.17. The van der Waals surface area contributed by atoms with Crippen molar-refractivity contribution in [3.8, 4) is 0 Å². The Morgan fingerprint density at radius 2 is 1.96 bits per heavy atom. The highest BCUT2D eigenvalue weighted by atomic mass is 32.2. The molecule has 1 aromatic carbocycles. The van der Waals surface area contributed by atoms with E-state index in [0.29, 0.717) is 29.7 Å². The summed E-state index contributed by atoms with van der Waals surface area (Å²) in [5.74, 6) is 2.05. The monoisotopic (exact) mass is 368 g/mol. The van der Waals surface area contributed by atoms with Crippen LogP contribution in [0.25, 0.3) is 23.1 Å². The molecule has 0 aliphatic carbocycles. The number of hydrogen-bond acceptors (Lipinski definition) is 6. The summed E-state index contributed by atoms with van der Waals surface area (Å²) in [6, 6.07) is 11.6. The zero-order valence-electron chi connectivity index (χ0n) is 14.2. The Hall–Kier alpha value is -2.64. The molecule has 0 bridgehead atoms. The van der Waals surface area contributed by atoms with Crippen molar-refractivity contribution in [2.75, 3.05) is 30.0 Å². The van der Waals surface area contributed by atoms with E-state index in [-0.39, 0.29) is 6.61 Å². The molecule has 6 nitrogen and oxygen atoms in total. The van der Waals surface area contributed by atoms with E-state index in [4.69, 9.17) is 5.11 Å². The number of pyridine rings is 1. The number of nitrogens with one attached hydrogen (secondary N) is 1. The van der Waals surface area contributed by atoms with Crippen LogP contribution in [0.15, 0.2) is 48.8 Å². The minimum atomic E-state index is -1.04. The van der Waals surface area contributed by atoms with E-state index in [1.807, 2.05) is 48.6 Å². The zero-order valence-corrected chi connectivity index (χ0v) is 15.0. The summed E-state index contributed by atoms with van der Waals surface area (Å²) in [6.45, 7) is 0.450. The van der Waals surface area contributed by atoms with E-state index >= 15 is 0 Å². The van der Waals surface area contributed by atoms with Crippen LogP contribution in [-0.4, -0.2) is 48.9 Å².